The van der Waals surface area contributed by atoms with Gasteiger partial charge in [-0.05, 0) is 81.4 Å². The molecule has 0 N–H and O–H groups in total. The van der Waals surface area contributed by atoms with Crippen molar-refractivity contribution < 1.29 is 8.83 Å². The van der Waals surface area contributed by atoms with E-state index in [0.717, 1.165) is 94.0 Å². The van der Waals surface area contributed by atoms with Crippen LogP contribution >= 0.6 is 0 Å². The Balaban J connectivity index is 1.10. The van der Waals surface area contributed by atoms with Gasteiger partial charge in [0.15, 0.2) is 0 Å². The predicted molar refractivity (Wildman–Crippen MR) is 242 cm³/mol. The van der Waals surface area contributed by atoms with E-state index in [4.69, 9.17) is 8.83 Å². The van der Waals surface area contributed by atoms with Crippen molar-refractivity contribution in [2.45, 2.75) is 19.3 Å². The third-order valence-electron chi connectivity index (χ3n) is 12.5. The highest BCUT2D eigenvalue weighted by molar-refractivity contribution is 6.21. The summed E-state index contributed by atoms with van der Waals surface area (Å²) in [4.78, 5) is 2.44. The van der Waals surface area contributed by atoms with Gasteiger partial charge in [-0.3, -0.25) is 0 Å². The lowest BCUT2D eigenvalue weighted by Crippen LogP contribution is -2.16. The van der Waals surface area contributed by atoms with E-state index in [1.165, 1.54) is 22.3 Å². The minimum absolute atomic E-state index is 0.149. The van der Waals surface area contributed by atoms with Crippen LogP contribution in [-0.4, -0.2) is 0 Å². The van der Waals surface area contributed by atoms with Gasteiger partial charge in [0.2, 0.25) is 0 Å². The first kappa shape index (κ1) is 32.8. The summed E-state index contributed by atoms with van der Waals surface area (Å²) in [5, 5.41) is 6.67. The minimum atomic E-state index is -0.149. The average Bonchev–Trinajstić information content (AvgIpc) is 3.92. The summed E-state index contributed by atoms with van der Waals surface area (Å²) >= 11 is 0. The highest BCUT2D eigenvalue weighted by atomic mass is 16.3. The van der Waals surface area contributed by atoms with Crippen molar-refractivity contribution in [2.24, 2.45) is 0 Å². The second-order valence-corrected chi connectivity index (χ2v) is 16.0. The molecule has 2 heterocycles. The molecule has 2 aromatic heterocycles. The number of hydrogen-bond donors (Lipinski definition) is 0. The molecule has 274 valence electrons. The Kier molecular flexibility index (Phi) is 6.98. The third-order valence-corrected chi connectivity index (χ3v) is 12.5. The molecule has 1 aliphatic carbocycles. The van der Waals surface area contributed by atoms with E-state index in [9.17, 15) is 0 Å². The maximum absolute atomic E-state index is 6.92. The molecule has 0 saturated carbocycles. The van der Waals surface area contributed by atoms with Gasteiger partial charge in [0, 0.05) is 54.7 Å². The Morgan fingerprint density at radius 3 is 1.84 bits per heavy atom. The topological polar surface area (TPSA) is 29.5 Å². The molecule has 11 aromatic rings. The molecule has 0 radical (unpaired) electrons. The summed E-state index contributed by atoms with van der Waals surface area (Å²) in [6.07, 6.45) is 0. The summed E-state index contributed by atoms with van der Waals surface area (Å²) in [6, 6.07) is 67.7. The molecule has 0 unspecified atom stereocenters. The first-order valence-corrected chi connectivity index (χ1v) is 20.0. The van der Waals surface area contributed by atoms with Gasteiger partial charge >= 0.3 is 0 Å². The first-order valence-electron chi connectivity index (χ1n) is 20.0. The minimum Gasteiger partial charge on any atom is -0.456 e. The molecule has 12 rings (SSSR count). The van der Waals surface area contributed by atoms with Crippen molar-refractivity contribution in [1.82, 2.24) is 0 Å². The second kappa shape index (κ2) is 12.3. The molecule has 0 fully saturated rings. The highest BCUT2D eigenvalue weighted by Gasteiger charge is 2.36. The van der Waals surface area contributed by atoms with Crippen LogP contribution in [0.5, 0.6) is 0 Å². The van der Waals surface area contributed by atoms with E-state index >= 15 is 0 Å². The van der Waals surface area contributed by atoms with Crippen LogP contribution < -0.4 is 4.90 Å². The Bertz CT molecular complexity index is 3420. The van der Waals surface area contributed by atoms with Crippen molar-refractivity contribution in [3.8, 4) is 33.4 Å². The maximum atomic E-state index is 6.92. The summed E-state index contributed by atoms with van der Waals surface area (Å²) in [5.74, 6) is 0. The summed E-state index contributed by atoms with van der Waals surface area (Å²) in [7, 11) is 0. The van der Waals surface area contributed by atoms with E-state index < -0.39 is 0 Å². The molecule has 0 amide bonds. The van der Waals surface area contributed by atoms with Crippen molar-refractivity contribution >= 4 is 71.7 Å². The Hall–Kier alpha value is -7.36. The Labute approximate surface area is 336 Å². The lowest BCUT2D eigenvalue weighted by molar-refractivity contribution is 0.660. The smallest absolute Gasteiger partial charge is 0.143 e. The lowest BCUT2D eigenvalue weighted by Gasteiger charge is -2.29. The number of nitrogens with zero attached hydrogens (tertiary/aromatic N) is 1. The number of furan rings is 2. The largest absolute Gasteiger partial charge is 0.456 e. The molecular formula is C55H37NO2. The molecule has 9 aromatic carbocycles. The van der Waals surface area contributed by atoms with Gasteiger partial charge in [0.1, 0.15) is 22.3 Å². The fraction of sp³-hybridized carbons (Fsp3) is 0.0545. The molecule has 0 aliphatic heterocycles. The first-order chi connectivity index (χ1) is 28.5. The molecule has 3 nitrogen and oxygen atoms in total. The van der Waals surface area contributed by atoms with Gasteiger partial charge in [-0.1, -0.05) is 159 Å². The molecule has 1 aliphatic rings. The number of hydrogen-bond acceptors (Lipinski definition) is 3. The number of anilines is 3. The van der Waals surface area contributed by atoms with Gasteiger partial charge < -0.3 is 13.7 Å². The average molecular weight is 744 g/mol. The summed E-state index contributed by atoms with van der Waals surface area (Å²) in [5.41, 5.74) is 16.6. The SMILES string of the molecule is CC1(C)c2ccccc2-c2ccc(N(c3ccc(-c4cccc5oc6ccccc6c45)cc3)c3cc4c5cccc(-c6ccccc6)c5oc4c4ccccc34)cc21. The third kappa shape index (κ3) is 4.74. The zero-order valence-corrected chi connectivity index (χ0v) is 32.2. The molecule has 0 saturated heterocycles. The van der Waals surface area contributed by atoms with Gasteiger partial charge in [-0.15, -0.1) is 0 Å². The molecule has 3 heteroatoms. The summed E-state index contributed by atoms with van der Waals surface area (Å²) in [6.45, 7) is 4.70. The van der Waals surface area contributed by atoms with Crippen molar-refractivity contribution in [3.63, 3.8) is 0 Å². The zero-order chi connectivity index (χ0) is 38.5. The fourth-order valence-electron chi connectivity index (χ4n) is 9.69. The van der Waals surface area contributed by atoms with Crippen LogP contribution in [0.25, 0.3) is 88.0 Å². The molecule has 0 atom stereocenters. The molecular weight excluding hydrogens is 707 g/mol. The Morgan fingerprint density at radius 2 is 0.983 bits per heavy atom. The maximum Gasteiger partial charge on any atom is 0.143 e. The zero-order valence-electron chi connectivity index (χ0n) is 32.2. The fourth-order valence-corrected chi connectivity index (χ4v) is 9.69. The van der Waals surface area contributed by atoms with Crippen LogP contribution in [0.3, 0.4) is 0 Å². The van der Waals surface area contributed by atoms with E-state index in [2.05, 4.69) is 195 Å². The number of rotatable bonds is 5. The highest BCUT2D eigenvalue weighted by Crippen LogP contribution is 2.52. The molecule has 0 bridgehead atoms. The standard InChI is InChI=1S/C55H37NO2/c1-55(2)47-23-10-8-16-40(47)41-31-30-37(32-48(41)55)56(36-28-26-35(27-29-36)38-20-13-25-51-52(38)45-19-9-11-24-50(45)57-51)49-33-46-44-22-12-21-39(34-14-4-3-5-15-34)53(44)58-54(46)43-18-7-6-17-42(43)49/h3-33H,1-2H3. The van der Waals surface area contributed by atoms with Crippen molar-refractivity contribution in [3.05, 3.63) is 199 Å². The van der Waals surface area contributed by atoms with Crippen LogP contribution in [0.1, 0.15) is 25.0 Å². The monoisotopic (exact) mass is 743 g/mol. The van der Waals surface area contributed by atoms with E-state index in [0.29, 0.717) is 0 Å². The van der Waals surface area contributed by atoms with Gasteiger partial charge in [-0.2, -0.15) is 0 Å². The lowest BCUT2D eigenvalue weighted by atomic mass is 9.82. The van der Waals surface area contributed by atoms with Crippen molar-refractivity contribution in [1.29, 1.82) is 0 Å². The van der Waals surface area contributed by atoms with Gasteiger partial charge in [-0.25, -0.2) is 0 Å². The second-order valence-electron chi connectivity index (χ2n) is 16.0. The Morgan fingerprint density at radius 1 is 0.379 bits per heavy atom. The van der Waals surface area contributed by atoms with E-state index in [1.54, 1.807) is 0 Å². The van der Waals surface area contributed by atoms with Crippen LogP contribution in [0.4, 0.5) is 17.1 Å². The quantitative estimate of drug-likeness (QED) is 0.176. The number of fused-ring (bicyclic) bond motifs is 11. The van der Waals surface area contributed by atoms with E-state index in [1.807, 2.05) is 12.1 Å². The van der Waals surface area contributed by atoms with Crippen LogP contribution in [0.15, 0.2) is 197 Å². The normalized spacial score (nSPS) is 13.1. The van der Waals surface area contributed by atoms with Gasteiger partial charge in [0.25, 0.3) is 0 Å². The summed E-state index contributed by atoms with van der Waals surface area (Å²) < 4.78 is 13.2. The molecule has 58 heavy (non-hydrogen) atoms. The number of para-hydroxylation sites is 2. The number of benzene rings is 9. The van der Waals surface area contributed by atoms with Crippen LogP contribution in [0, 0.1) is 0 Å². The molecule has 0 spiro atoms. The van der Waals surface area contributed by atoms with Crippen molar-refractivity contribution in [2.75, 3.05) is 4.90 Å². The van der Waals surface area contributed by atoms with E-state index in [-0.39, 0.29) is 5.41 Å². The van der Waals surface area contributed by atoms with Gasteiger partial charge in [0.05, 0.1) is 5.69 Å². The van der Waals surface area contributed by atoms with Crippen LogP contribution in [-0.2, 0) is 5.41 Å². The van der Waals surface area contributed by atoms with Crippen LogP contribution in [0.2, 0.25) is 0 Å². The predicted octanol–water partition coefficient (Wildman–Crippen LogP) is 15.7.